The van der Waals surface area contributed by atoms with Crippen LogP contribution in [0.4, 0.5) is 21.5 Å². The molecule has 10 heteroatoms. The maximum atomic E-state index is 13.8. The zero-order valence-electron chi connectivity index (χ0n) is 19.3. The molecule has 0 radical (unpaired) electrons. The van der Waals surface area contributed by atoms with E-state index in [0.29, 0.717) is 31.6 Å². The zero-order chi connectivity index (χ0) is 25.0. The van der Waals surface area contributed by atoms with Crippen LogP contribution in [0.25, 0.3) is 0 Å². The van der Waals surface area contributed by atoms with E-state index < -0.39 is 34.3 Å². The summed E-state index contributed by atoms with van der Waals surface area (Å²) in [6, 6.07) is 7.78. The number of esters is 1. The molecular formula is C24H28FN3O6. The molecule has 1 saturated heterocycles. The van der Waals surface area contributed by atoms with Crippen molar-refractivity contribution in [3.8, 4) is 0 Å². The Morgan fingerprint density at radius 1 is 1.21 bits per heavy atom. The summed E-state index contributed by atoms with van der Waals surface area (Å²) < 4.78 is 19.1. The first-order chi connectivity index (χ1) is 15.9. The van der Waals surface area contributed by atoms with Gasteiger partial charge in [0, 0.05) is 30.4 Å². The highest BCUT2D eigenvalue weighted by atomic mass is 19.1. The van der Waals surface area contributed by atoms with E-state index in [0.717, 1.165) is 12.1 Å². The normalized spacial score (nSPS) is 14.6. The van der Waals surface area contributed by atoms with E-state index >= 15 is 0 Å². The molecular weight excluding hydrogens is 445 g/mol. The summed E-state index contributed by atoms with van der Waals surface area (Å²) in [5.74, 6) is -1.80. The molecule has 1 amide bonds. The van der Waals surface area contributed by atoms with E-state index in [1.807, 2.05) is 4.90 Å². The molecule has 1 aliphatic rings. The third kappa shape index (κ3) is 6.50. The number of aliphatic hydroxyl groups is 1. The van der Waals surface area contributed by atoms with Crippen molar-refractivity contribution >= 4 is 28.9 Å². The summed E-state index contributed by atoms with van der Waals surface area (Å²) in [4.78, 5) is 38.1. The summed E-state index contributed by atoms with van der Waals surface area (Å²) in [5.41, 5.74) is -0.103. The van der Waals surface area contributed by atoms with Crippen LogP contribution in [0.5, 0.6) is 0 Å². The summed E-state index contributed by atoms with van der Waals surface area (Å²) >= 11 is 0. The first-order valence-corrected chi connectivity index (χ1v) is 11.0. The number of hydrogen-bond acceptors (Lipinski definition) is 7. The van der Waals surface area contributed by atoms with Gasteiger partial charge in [0.15, 0.2) is 0 Å². The van der Waals surface area contributed by atoms with Crippen LogP contribution in [0.3, 0.4) is 0 Å². The van der Waals surface area contributed by atoms with Crippen LogP contribution in [0, 0.1) is 15.9 Å². The monoisotopic (exact) mass is 473 g/mol. The number of hydrogen-bond donors (Lipinski definition) is 2. The summed E-state index contributed by atoms with van der Waals surface area (Å²) in [6.45, 7) is 6.07. The molecule has 1 fully saturated rings. The van der Waals surface area contributed by atoms with Gasteiger partial charge in [0.05, 0.1) is 17.4 Å². The number of carbonyl (C=O) groups excluding carboxylic acids is 2. The summed E-state index contributed by atoms with van der Waals surface area (Å²) in [6.07, 6.45) is 0.324. The second-order valence-electron chi connectivity index (χ2n) is 9.20. The smallest absolute Gasteiger partial charge is 0.310 e. The molecule has 0 aliphatic carbocycles. The quantitative estimate of drug-likeness (QED) is 0.371. The van der Waals surface area contributed by atoms with E-state index in [2.05, 4.69) is 5.32 Å². The first kappa shape index (κ1) is 25.1. The number of halogens is 1. The average molecular weight is 474 g/mol. The molecule has 1 heterocycles. The van der Waals surface area contributed by atoms with Crippen LogP contribution in [0.15, 0.2) is 36.4 Å². The van der Waals surface area contributed by atoms with E-state index in [1.165, 1.54) is 24.3 Å². The highest BCUT2D eigenvalue weighted by Crippen LogP contribution is 2.32. The number of nitrogens with zero attached hydrogens (tertiary/aromatic N) is 2. The third-order valence-electron chi connectivity index (χ3n) is 5.31. The number of nitro groups is 1. The van der Waals surface area contributed by atoms with Gasteiger partial charge in [-0.3, -0.25) is 19.7 Å². The van der Waals surface area contributed by atoms with Crippen LogP contribution in [0.1, 0.15) is 49.5 Å². The Kier molecular flexibility index (Phi) is 7.51. The maximum absolute atomic E-state index is 13.8. The lowest BCUT2D eigenvalue weighted by molar-refractivity contribution is -0.384. The molecule has 0 bridgehead atoms. The lowest BCUT2D eigenvalue weighted by Crippen LogP contribution is -2.36. The van der Waals surface area contributed by atoms with Gasteiger partial charge in [-0.25, -0.2) is 4.39 Å². The fraction of sp³-hybridized carbons (Fsp3) is 0.417. The molecule has 0 unspecified atom stereocenters. The first-order valence-electron chi connectivity index (χ1n) is 11.0. The van der Waals surface area contributed by atoms with Crippen LogP contribution >= 0.6 is 0 Å². The minimum absolute atomic E-state index is 0.0417. The molecule has 0 aromatic heterocycles. The van der Waals surface area contributed by atoms with Crippen molar-refractivity contribution < 1.29 is 28.7 Å². The molecule has 2 aromatic rings. The molecule has 182 valence electrons. The Hall–Kier alpha value is -3.53. The van der Waals surface area contributed by atoms with Crippen molar-refractivity contribution in [1.29, 1.82) is 0 Å². The van der Waals surface area contributed by atoms with Crippen LogP contribution in [-0.4, -0.2) is 46.7 Å². The van der Waals surface area contributed by atoms with Gasteiger partial charge in [0.2, 0.25) is 0 Å². The van der Waals surface area contributed by atoms with Gasteiger partial charge in [0.1, 0.15) is 17.1 Å². The zero-order valence-corrected chi connectivity index (χ0v) is 19.3. The Morgan fingerprint density at radius 2 is 1.88 bits per heavy atom. The largest absolute Gasteiger partial charge is 0.460 e. The number of amides is 1. The fourth-order valence-electron chi connectivity index (χ4n) is 3.74. The number of rotatable bonds is 6. The molecule has 0 saturated carbocycles. The summed E-state index contributed by atoms with van der Waals surface area (Å²) in [7, 11) is 0. The van der Waals surface area contributed by atoms with Gasteiger partial charge >= 0.3 is 5.97 Å². The number of ether oxygens (including phenoxy) is 1. The molecule has 2 N–H and O–H groups in total. The van der Waals surface area contributed by atoms with Crippen molar-refractivity contribution in [1.82, 2.24) is 0 Å². The minimum atomic E-state index is -0.721. The Bertz CT molecular complexity index is 1090. The lowest BCUT2D eigenvalue weighted by atomic mass is 10.1. The molecule has 1 aliphatic heterocycles. The van der Waals surface area contributed by atoms with Crippen molar-refractivity contribution in [2.75, 3.05) is 23.3 Å². The number of piperidine rings is 1. The standard InChI is InChI=1S/C24H28FN3O6/c1-24(2,3)34-22(30)14-16-12-17(25)5-6-19(16)26-23(31)15-4-7-20(21(13-15)28(32)33)27-10-8-18(29)9-11-27/h4-7,12-13,18,29H,8-11,14H2,1-3H3,(H,26,31). The number of nitro benzene ring substituents is 1. The highest BCUT2D eigenvalue weighted by Gasteiger charge is 2.26. The SMILES string of the molecule is CC(C)(C)OC(=O)Cc1cc(F)ccc1NC(=O)c1ccc(N2CCC(O)CC2)c([N+](=O)[O-])c1. The van der Waals surface area contributed by atoms with Crippen LogP contribution < -0.4 is 10.2 Å². The second kappa shape index (κ2) is 10.2. The van der Waals surface area contributed by atoms with Gasteiger partial charge in [-0.05, 0) is 69.5 Å². The maximum Gasteiger partial charge on any atom is 0.310 e. The molecule has 9 nitrogen and oxygen atoms in total. The molecule has 2 aromatic carbocycles. The number of carbonyl (C=O) groups is 2. The van der Waals surface area contributed by atoms with E-state index in [9.17, 15) is 29.2 Å². The lowest BCUT2D eigenvalue weighted by Gasteiger charge is -2.31. The van der Waals surface area contributed by atoms with Crippen LogP contribution in [0.2, 0.25) is 0 Å². The highest BCUT2D eigenvalue weighted by molar-refractivity contribution is 6.05. The molecule has 34 heavy (non-hydrogen) atoms. The van der Waals surface area contributed by atoms with Gasteiger partial charge in [0.25, 0.3) is 11.6 Å². The average Bonchev–Trinajstić information content (AvgIpc) is 2.74. The number of anilines is 2. The summed E-state index contributed by atoms with van der Waals surface area (Å²) in [5, 5.41) is 24.0. The molecule has 3 rings (SSSR count). The van der Waals surface area contributed by atoms with E-state index in [4.69, 9.17) is 4.74 Å². The van der Waals surface area contributed by atoms with Crippen molar-refractivity contribution in [2.45, 2.75) is 51.7 Å². The Balaban J connectivity index is 1.82. The predicted molar refractivity (Wildman–Crippen MR) is 124 cm³/mol. The van der Waals surface area contributed by atoms with E-state index in [1.54, 1.807) is 20.8 Å². The topological polar surface area (TPSA) is 122 Å². The Labute approximate surface area is 196 Å². The predicted octanol–water partition coefficient (Wildman–Crippen LogP) is 3.83. The van der Waals surface area contributed by atoms with Crippen molar-refractivity contribution in [3.05, 3.63) is 63.5 Å². The van der Waals surface area contributed by atoms with Gasteiger partial charge in [-0.2, -0.15) is 0 Å². The molecule has 0 atom stereocenters. The molecule has 0 spiro atoms. The Morgan fingerprint density at radius 3 is 2.50 bits per heavy atom. The van der Waals surface area contributed by atoms with Gasteiger partial charge in [-0.15, -0.1) is 0 Å². The minimum Gasteiger partial charge on any atom is -0.460 e. The number of aliphatic hydroxyl groups excluding tert-OH is 1. The van der Waals surface area contributed by atoms with E-state index in [-0.39, 0.29) is 28.9 Å². The fourth-order valence-corrected chi connectivity index (χ4v) is 3.74. The number of benzene rings is 2. The van der Waals surface area contributed by atoms with Gasteiger partial charge < -0.3 is 20.1 Å². The van der Waals surface area contributed by atoms with Crippen LogP contribution in [-0.2, 0) is 16.0 Å². The van der Waals surface area contributed by atoms with Gasteiger partial charge in [-0.1, -0.05) is 0 Å². The second-order valence-corrected chi connectivity index (χ2v) is 9.20. The number of nitrogens with one attached hydrogen (secondary N) is 1. The van der Waals surface area contributed by atoms with Crippen molar-refractivity contribution in [2.24, 2.45) is 0 Å². The third-order valence-corrected chi connectivity index (χ3v) is 5.31. The van der Waals surface area contributed by atoms with Crippen molar-refractivity contribution in [3.63, 3.8) is 0 Å².